The molecule has 1 heterocycles. The van der Waals surface area contributed by atoms with Crippen LogP contribution in [0.4, 0.5) is 0 Å². The molecule has 0 spiro atoms. The molecular formula is C13H18N2. The van der Waals surface area contributed by atoms with E-state index in [4.69, 9.17) is 0 Å². The van der Waals surface area contributed by atoms with Crippen molar-refractivity contribution < 1.29 is 0 Å². The molecule has 1 aromatic rings. The van der Waals surface area contributed by atoms with Crippen molar-refractivity contribution in [2.45, 2.75) is 32.2 Å². The van der Waals surface area contributed by atoms with Crippen LogP contribution in [0, 0.1) is 11.3 Å². The lowest BCUT2D eigenvalue weighted by molar-refractivity contribution is 0.403. The summed E-state index contributed by atoms with van der Waals surface area (Å²) in [6.45, 7) is 2.22. The summed E-state index contributed by atoms with van der Waals surface area (Å²) in [5.74, 6) is 1.06. The summed E-state index contributed by atoms with van der Waals surface area (Å²) in [4.78, 5) is 4.03. The summed E-state index contributed by atoms with van der Waals surface area (Å²) in [5.41, 5.74) is 2.06. The van der Waals surface area contributed by atoms with Crippen molar-refractivity contribution in [1.82, 2.24) is 10.3 Å². The maximum atomic E-state index is 4.03. The molecule has 2 heteroatoms. The zero-order valence-electron chi connectivity index (χ0n) is 9.08. The van der Waals surface area contributed by atoms with Gasteiger partial charge >= 0.3 is 0 Å². The largest absolute Gasteiger partial charge is 0.312 e. The molecule has 2 nitrogen and oxygen atoms in total. The molecule has 15 heavy (non-hydrogen) atoms. The molecule has 0 bridgehead atoms. The van der Waals surface area contributed by atoms with Gasteiger partial charge in [-0.2, -0.15) is 0 Å². The summed E-state index contributed by atoms with van der Waals surface area (Å²) in [5, 5.41) is 3.60. The van der Waals surface area contributed by atoms with Crippen molar-refractivity contribution in [3.05, 3.63) is 30.1 Å². The normalized spacial score (nSPS) is 22.7. The fourth-order valence-electron chi connectivity index (χ4n) is 2.54. The van der Waals surface area contributed by atoms with Crippen LogP contribution in [-0.2, 0) is 6.54 Å². The highest BCUT2D eigenvalue weighted by atomic mass is 14.9. The zero-order chi connectivity index (χ0) is 10.1. The van der Waals surface area contributed by atoms with Gasteiger partial charge in [0.1, 0.15) is 0 Å². The minimum Gasteiger partial charge on any atom is -0.312 e. The molecule has 0 aliphatic heterocycles. The maximum Gasteiger partial charge on any atom is 0.0271 e. The van der Waals surface area contributed by atoms with Gasteiger partial charge in [-0.15, -0.1) is 0 Å². The summed E-state index contributed by atoms with van der Waals surface area (Å²) < 4.78 is 0. The molecule has 3 rings (SSSR count). The Kier molecular flexibility index (Phi) is 2.24. The molecule has 0 aromatic carbocycles. The van der Waals surface area contributed by atoms with Gasteiger partial charge in [0.15, 0.2) is 0 Å². The predicted octanol–water partition coefficient (Wildman–Crippen LogP) is 2.36. The minimum atomic E-state index is 0.715. The zero-order valence-corrected chi connectivity index (χ0v) is 9.08. The quantitative estimate of drug-likeness (QED) is 0.793. The third-order valence-corrected chi connectivity index (χ3v) is 3.89. The molecule has 0 unspecified atom stereocenters. The highest BCUT2D eigenvalue weighted by Crippen LogP contribution is 2.60. The second-order valence-corrected chi connectivity index (χ2v) is 5.10. The van der Waals surface area contributed by atoms with Gasteiger partial charge in [0.05, 0.1) is 0 Å². The van der Waals surface area contributed by atoms with Crippen LogP contribution in [0.1, 0.15) is 31.2 Å². The Bertz CT molecular complexity index is 326. The summed E-state index contributed by atoms with van der Waals surface area (Å²) in [6, 6.07) is 4.17. The predicted molar refractivity (Wildman–Crippen MR) is 60.3 cm³/mol. The molecule has 80 valence electrons. The Morgan fingerprint density at radius 1 is 1.27 bits per heavy atom. The number of hydrogen-bond acceptors (Lipinski definition) is 2. The van der Waals surface area contributed by atoms with Crippen LogP contribution in [0.3, 0.4) is 0 Å². The molecular weight excluding hydrogens is 184 g/mol. The summed E-state index contributed by atoms with van der Waals surface area (Å²) in [7, 11) is 0. The van der Waals surface area contributed by atoms with E-state index in [0.29, 0.717) is 5.41 Å². The van der Waals surface area contributed by atoms with Gasteiger partial charge in [-0.05, 0) is 54.7 Å². The lowest BCUT2D eigenvalue weighted by atomic mass is 10.0. The number of aromatic nitrogens is 1. The third kappa shape index (κ3) is 2.05. The molecule has 2 aliphatic rings. The van der Waals surface area contributed by atoms with Gasteiger partial charge in [0, 0.05) is 25.5 Å². The minimum absolute atomic E-state index is 0.715. The van der Waals surface area contributed by atoms with E-state index < -0.39 is 0 Å². The molecule has 2 fully saturated rings. The average Bonchev–Trinajstić information content (AvgIpc) is 3.14. The first-order chi connectivity index (χ1) is 7.39. The fourth-order valence-corrected chi connectivity index (χ4v) is 2.54. The Hall–Kier alpha value is -0.890. The summed E-state index contributed by atoms with van der Waals surface area (Å²) in [6.07, 6.45) is 9.62. The fraction of sp³-hybridized carbons (Fsp3) is 0.615. The van der Waals surface area contributed by atoms with Crippen LogP contribution < -0.4 is 5.32 Å². The Morgan fingerprint density at radius 3 is 2.60 bits per heavy atom. The SMILES string of the molecule is c1cc(CNCC2(C3CC3)CC2)ccn1. The van der Waals surface area contributed by atoms with E-state index in [9.17, 15) is 0 Å². The van der Waals surface area contributed by atoms with Crippen LogP contribution in [0.2, 0.25) is 0 Å². The number of hydrogen-bond donors (Lipinski definition) is 1. The lowest BCUT2D eigenvalue weighted by Crippen LogP contribution is -2.24. The van der Waals surface area contributed by atoms with E-state index in [1.54, 1.807) is 0 Å². The van der Waals surface area contributed by atoms with Crippen molar-refractivity contribution in [2.24, 2.45) is 11.3 Å². The van der Waals surface area contributed by atoms with Gasteiger partial charge < -0.3 is 5.32 Å². The Morgan fingerprint density at radius 2 is 2.00 bits per heavy atom. The smallest absolute Gasteiger partial charge is 0.0271 e. The highest BCUT2D eigenvalue weighted by Gasteiger charge is 2.53. The molecule has 2 saturated carbocycles. The second kappa shape index (κ2) is 3.60. The van der Waals surface area contributed by atoms with Crippen LogP contribution in [-0.4, -0.2) is 11.5 Å². The van der Waals surface area contributed by atoms with E-state index in [-0.39, 0.29) is 0 Å². The van der Waals surface area contributed by atoms with Gasteiger partial charge in [0.2, 0.25) is 0 Å². The first-order valence-corrected chi connectivity index (χ1v) is 5.99. The molecule has 0 radical (unpaired) electrons. The van der Waals surface area contributed by atoms with E-state index >= 15 is 0 Å². The number of pyridine rings is 1. The van der Waals surface area contributed by atoms with Crippen molar-refractivity contribution in [1.29, 1.82) is 0 Å². The number of nitrogens with zero attached hydrogens (tertiary/aromatic N) is 1. The van der Waals surface area contributed by atoms with Crippen LogP contribution in [0.5, 0.6) is 0 Å². The number of nitrogens with one attached hydrogen (secondary N) is 1. The van der Waals surface area contributed by atoms with Crippen molar-refractivity contribution in [3.8, 4) is 0 Å². The van der Waals surface area contributed by atoms with E-state index in [0.717, 1.165) is 12.5 Å². The highest BCUT2D eigenvalue weighted by molar-refractivity contribution is 5.10. The molecule has 1 N–H and O–H groups in total. The van der Waals surface area contributed by atoms with Gasteiger partial charge in [-0.1, -0.05) is 0 Å². The second-order valence-electron chi connectivity index (χ2n) is 5.10. The molecule has 0 atom stereocenters. The van der Waals surface area contributed by atoms with Crippen LogP contribution in [0.25, 0.3) is 0 Å². The third-order valence-electron chi connectivity index (χ3n) is 3.89. The maximum absolute atomic E-state index is 4.03. The van der Waals surface area contributed by atoms with Crippen LogP contribution >= 0.6 is 0 Å². The molecule has 2 aliphatic carbocycles. The monoisotopic (exact) mass is 202 g/mol. The summed E-state index contributed by atoms with van der Waals surface area (Å²) >= 11 is 0. The lowest BCUT2D eigenvalue weighted by Gasteiger charge is -2.14. The van der Waals surface area contributed by atoms with E-state index in [1.807, 2.05) is 12.4 Å². The standard InChI is InChI=1S/C13H18N2/c1-2-12(1)13(5-6-13)10-15-9-11-3-7-14-8-4-11/h3-4,7-8,12,15H,1-2,5-6,9-10H2. The van der Waals surface area contributed by atoms with E-state index in [2.05, 4.69) is 22.4 Å². The van der Waals surface area contributed by atoms with Crippen molar-refractivity contribution >= 4 is 0 Å². The number of rotatable bonds is 5. The molecule has 1 aromatic heterocycles. The van der Waals surface area contributed by atoms with Crippen LogP contribution in [0.15, 0.2) is 24.5 Å². The molecule has 0 amide bonds. The Balaban J connectivity index is 1.47. The van der Waals surface area contributed by atoms with Gasteiger partial charge in [-0.3, -0.25) is 4.98 Å². The molecule has 0 saturated heterocycles. The van der Waals surface area contributed by atoms with Crippen molar-refractivity contribution in [3.63, 3.8) is 0 Å². The van der Waals surface area contributed by atoms with Gasteiger partial charge in [0.25, 0.3) is 0 Å². The van der Waals surface area contributed by atoms with E-state index in [1.165, 1.54) is 37.8 Å². The van der Waals surface area contributed by atoms with Gasteiger partial charge in [-0.25, -0.2) is 0 Å². The topological polar surface area (TPSA) is 24.9 Å². The Labute approximate surface area is 91.1 Å². The first kappa shape index (κ1) is 9.34. The first-order valence-electron chi connectivity index (χ1n) is 5.99. The van der Waals surface area contributed by atoms with Crippen molar-refractivity contribution in [2.75, 3.05) is 6.54 Å². The average molecular weight is 202 g/mol.